The molecule has 0 fully saturated rings. The van der Waals surface area contributed by atoms with Crippen LogP contribution in [0.15, 0.2) is 30.3 Å². The fraction of sp³-hybridized carbons (Fsp3) is 0.267. The number of hydrogen-bond donors (Lipinski definition) is 1. The van der Waals surface area contributed by atoms with Gasteiger partial charge in [-0.25, -0.2) is 0 Å². The van der Waals surface area contributed by atoms with Crippen LogP contribution in [0.1, 0.15) is 21.6 Å². The molecule has 0 aliphatic heterocycles. The lowest BCUT2D eigenvalue weighted by Gasteiger charge is -2.13. The molecule has 8 heteroatoms. The molecule has 0 aliphatic carbocycles. The summed E-state index contributed by atoms with van der Waals surface area (Å²) in [5.74, 6) is -0.453. The Morgan fingerprint density at radius 3 is 2.48 bits per heavy atom. The van der Waals surface area contributed by atoms with Gasteiger partial charge in [0.1, 0.15) is 10.8 Å². The van der Waals surface area contributed by atoms with E-state index in [0.717, 1.165) is 6.07 Å². The van der Waals surface area contributed by atoms with E-state index in [9.17, 15) is 18.0 Å². The van der Waals surface area contributed by atoms with E-state index in [4.69, 9.17) is 23.2 Å². The molecule has 0 atom stereocenters. The lowest BCUT2D eigenvalue weighted by atomic mass is 10.0. The third-order valence-corrected chi connectivity index (χ3v) is 4.19. The van der Waals surface area contributed by atoms with Gasteiger partial charge in [0.05, 0.1) is 10.6 Å². The Kier molecular flexibility index (Phi) is 5.26. The average Bonchev–Trinajstić information content (AvgIpc) is 2.74. The maximum Gasteiger partial charge on any atom is 0.416 e. The van der Waals surface area contributed by atoms with Gasteiger partial charge in [0.15, 0.2) is 0 Å². The summed E-state index contributed by atoms with van der Waals surface area (Å²) in [7, 11) is 1.57. The first-order valence-corrected chi connectivity index (χ1v) is 7.41. The summed E-state index contributed by atoms with van der Waals surface area (Å²) in [6.45, 7) is 0.0618. The molecule has 0 saturated heterocycles. The first-order valence-electron chi connectivity index (χ1n) is 6.66. The number of amides is 1. The molecule has 1 heterocycles. The third-order valence-electron chi connectivity index (χ3n) is 3.35. The van der Waals surface area contributed by atoms with Gasteiger partial charge < -0.3 is 9.88 Å². The summed E-state index contributed by atoms with van der Waals surface area (Å²) < 4.78 is 40.0. The lowest BCUT2D eigenvalue weighted by Crippen LogP contribution is -2.28. The van der Waals surface area contributed by atoms with Crippen molar-refractivity contribution in [3.05, 3.63) is 57.3 Å². The molecule has 1 aromatic carbocycles. The second-order valence-corrected chi connectivity index (χ2v) is 5.65. The van der Waals surface area contributed by atoms with E-state index in [1.807, 2.05) is 0 Å². The molecule has 124 valence electrons. The Bertz CT molecular complexity index is 726. The van der Waals surface area contributed by atoms with E-state index in [0.29, 0.717) is 0 Å². The van der Waals surface area contributed by atoms with Gasteiger partial charge in [-0.1, -0.05) is 41.4 Å². The molecule has 0 bridgehead atoms. The smallest absolute Gasteiger partial charge is 0.350 e. The molecule has 0 aliphatic rings. The number of benzene rings is 1. The molecule has 1 aromatic heterocycles. The molecule has 2 aromatic rings. The number of carbonyl (C=O) groups excluding carboxylic acids is 1. The van der Waals surface area contributed by atoms with Crippen LogP contribution in [0.5, 0.6) is 0 Å². The Morgan fingerprint density at radius 2 is 1.91 bits per heavy atom. The highest BCUT2D eigenvalue weighted by Crippen LogP contribution is 2.32. The van der Waals surface area contributed by atoms with E-state index in [1.165, 1.54) is 28.8 Å². The maximum atomic E-state index is 12.9. The van der Waals surface area contributed by atoms with Gasteiger partial charge in [-0.2, -0.15) is 13.2 Å². The second-order valence-electron chi connectivity index (χ2n) is 4.89. The van der Waals surface area contributed by atoms with E-state index in [1.54, 1.807) is 7.05 Å². The third kappa shape index (κ3) is 4.00. The monoisotopic (exact) mass is 364 g/mol. The fourth-order valence-corrected chi connectivity index (χ4v) is 2.55. The van der Waals surface area contributed by atoms with E-state index < -0.39 is 17.6 Å². The van der Waals surface area contributed by atoms with Crippen molar-refractivity contribution in [1.29, 1.82) is 0 Å². The van der Waals surface area contributed by atoms with E-state index >= 15 is 0 Å². The zero-order valence-corrected chi connectivity index (χ0v) is 13.6. The quantitative estimate of drug-likeness (QED) is 0.860. The van der Waals surface area contributed by atoms with Crippen LogP contribution < -0.4 is 5.32 Å². The minimum Gasteiger partial charge on any atom is -0.350 e. The predicted octanol–water partition coefficient (Wildman–Crippen LogP) is 4.32. The summed E-state index contributed by atoms with van der Waals surface area (Å²) in [6, 6.07) is 6.68. The number of hydrogen-bond acceptors (Lipinski definition) is 1. The van der Waals surface area contributed by atoms with Crippen molar-refractivity contribution in [2.24, 2.45) is 7.05 Å². The summed E-state index contributed by atoms with van der Waals surface area (Å²) in [6.07, 6.45) is -4.35. The van der Waals surface area contributed by atoms with Crippen LogP contribution in [0.3, 0.4) is 0 Å². The SMILES string of the molecule is Cn1c(C(=O)NCCc2ccccc2C(F)(F)F)cc(Cl)c1Cl. The highest BCUT2D eigenvalue weighted by atomic mass is 35.5. The summed E-state index contributed by atoms with van der Waals surface area (Å²) in [4.78, 5) is 12.0. The number of carbonyl (C=O) groups is 1. The van der Waals surface area contributed by atoms with Crippen LogP contribution >= 0.6 is 23.2 Å². The number of nitrogens with one attached hydrogen (secondary N) is 1. The zero-order chi connectivity index (χ0) is 17.2. The number of nitrogens with zero attached hydrogens (tertiary/aromatic N) is 1. The first kappa shape index (κ1) is 17.7. The number of rotatable bonds is 4. The normalized spacial score (nSPS) is 11.6. The second kappa shape index (κ2) is 6.84. The topological polar surface area (TPSA) is 34.0 Å². The molecular formula is C15H13Cl2F3N2O. The number of aromatic nitrogens is 1. The summed E-state index contributed by atoms with van der Waals surface area (Å²) in [5.41, 5.74) is -0.327. The van der Waals surface area contributed by atoms with Gasteiger partial charge in [-0.15, -0.1) is 0 Å². The van der Waals surface area contributed by atoms with Crippen molar-refractivity contribution in [2.75, 3.05) is 6.54 Å². The maximum absolute atomic E-state index is 12.9. The minimum absolute atomic E-state index is 0.0618. The van der Waals surface area contributed by atoms with Crippen LogP contribution in [-0.4, -0.2) is 17.0 Å². The van der Waals surface area contributed by atoms with Crippen molar-refractivity contribution in [3.63, 3.8) is 0 Å². The Balaban J connectivity index is 2.03. The van der Waals surface area contributed by atoms with Crippen molar-refractivity contribution >= 4 is 29.1 Å². The van der Waals surface area contributed by atoms with E-state index in [2.05, 4.69) is 5.32 Å². The van der Waals surface area contributed by atoms with Crippen molar-refractivity contribution in [3.8, 4) is 0 Å². The summed E-state index contributed by atoms with van der Waals surface area (Å²) in [5, 5.41) is 3.02. The van der Waals surface area contributed by atoms with Crippen LogP contribution in [-0.2, 0) is 19.6 Å². The van der Waals surface area contributed by atoms with Crippen LogP contribution in [0.4, 0.5) is 13.2 Å². The first-order chi connectivity index (χ1) is 10.7. The Hall–Kier alpha value is -1.66. The van der Waals surface area contributed by atoms with Gasteiger partial charge in [-0.05, 0) is 24.1 Å². The summed E-state index contributed by atoms with van der Waals surface area (Å²) >= 11 is 11.7. The van der Waals surface area contributed by atoms with Gasteiger partial charge in [0.25, 0.3) is 5.91 Å². The Morgan fingerprint density at radius 1 is 1.26 bits per heavy atom. The highest BCUT2D eigenvalue weighted by molar-refractivity contribution is 6.41. The zero-order valence-electron chi connectivity index (χ0n) is 12.0. The molecule has 1 amide bonds. The van der Waals surface area contributed by atoms with Crippen molar-refractivity contribution in [1.82, 2.24) is 9.88 Å². The number of halogens is 5. The molecule has 0 saturated carbocycles. The van der Waals surface area contributed by atoms with Gasteiger partial charge >= 0.3 is 6.18 Å². The lowest BCUT2D eigenvalue weighted by molar-refractivity contribution is -0.138. The van der Waals surface area contributed by atoms with E-state index in [-0.39, 0.29) is 34.4 Å². The molecule has 1 N–H and O–H groups in total. The molecule has 0 spiro atoms. The molecular weight excluding hydrogens is 352 g/mol. The average molecular weight is 365 g/mol. The minimum atomic E-state index is -4.42. The molecule has 0 radical (unpaired) electrons. The molecule has 0 unspecified atom stereocenters. The van der Waals surface area contributed by atoms with Crippen molar-refractivity contribution < 1.29 is 18.0 Å². The molecule has 23 heavy (non-hydrogen) atoms. The van der Waals surface area contributed by atoms with Gasteiger partial charge in [-0.3, -0.25) is 4.79 Å². The largest absolute Gasteiger partial charge is 0.416 e. The van der Waals surface area contributed by atoms with Crippen molar-refractivity contribution in [2.45, 2.75) is 12.6 Å². The standard InChI is InChI=1S/C15H13Cl2F3N2O/c1-22-12(8-11(16)13(22)17)14(23)21-7-6-9-4-2-3-5-10(9)15(18,19)20/h2-5,8H,6-7H2,1H3,(H,21,23). The number of alkyl halides is 3. The fourth-order valence-electron chi connectivity index (χ4n) is 2.18. The van der Waals surface area contributed by atoms with Crippen LogP contribution in [0, 0.1) is 0 Å². The Labute approximate surface area is 141 Å². The predicted molar refractivity (Wildman–Crippen MR) is 82.9 cm³/mol. The molecule has 3 nitrogen and oxygen atoms in total. The van der Waals surface area contributed by atoms with Gasteiger partial charge in [0.2, 0.25) is 0 Å². The van der Waals surface area contributed by atoms with Crippen LogP contribution in [0.25, 0.3) is 0 Å². The highest BCUT2D eigenvalue weighted by Gasteiger charge is 2.32. The van der Waals surface area contributed by atoms with Gasteiger partial charge in [0, 0.05) is 13.6 Å². The molecule has 2 rings (SSSR count). The van der Waals surface area contributed by atoms with Crippen LogP contribution in [0.2, 0.25) is 10.2 Å².